The zero-order chi connectivity index (χ0) is 19.6. The van der Waals surface area contributed by atoms with Gasteiger partial charge in [0, 0.05) is 36.7 Å². The molecular formula is C24H26N4O. The molecule has 3 heterocycles. The lowest BCUT2D eigenvalue weighted by atomic mass is 9.78. The number of piperidine rings is 1. The molecule has 0 unspecified atom stereocenters. The Morgan fingerprint density at radius 3 is 2.62 bits per heavy atom. The van der Waals surface area contributed by atoms with Crippen LogP contribution in [0.1, 0.15) is 48.9 Å². The maximum atomic E-state index is 13.7. The van der Waals surface area contributed by atoms with Crippen LogP contribution in [0.2, 0.25) is 0 Å². The summed E-state index contributed by atoms with van der Waals surface area (Å²) >= 11 is 0. The van der Waals surface area contributed by atoms with Crippen molar-refractivity contribution >= 4 is 5.91 Å². The highest BCUT2D eigenvalue weighted by molar-refractivity contribution is 6.00. The molecule has 5 nitrogen and oxygen atoms in total. The summed E-state index contributed by atoms with van der Waals surface area (Å²) in [7, 11) is 0. The Balaban J connectivity index is 1.56. The number of aromatic nitrogens is 3. The summed E-state index contributed by atoms with van der Waals surface area (Å²) in [4.78, 5) is 20.1. The first-order chi connectivity index (χ1) is 14.3. The lowest BCUT2D eigenvalue weighted by Gasteiger charge is -2.44. The molecule has 1 saturated heterocycles. The topological polar surface area (TPSA) is 51.0 Å². The van der Waals surface area contributed by atoms with Crippen molar-refractivity contribution in [2.75, 3.05) is 6.54 Å². The number of likely N-dealkylation sites (tertiary alicyclic amines) is 1. The van der Waals surface area contributed by atoms with E-state index in [1.165, 1.54) is 25.7 Å². The Kier molecular flexibility index (Phi) is 4.88. The molecule has 0 bridgehead atoms. The van der Waals surface area contributed by atoms with Gasteiger partial charge in [0.2, 0.25) is 0 Å². The molecule has 0 N–H and O–H groups in total. The first-order valence-corrected chi connectivity index (χ1v) is 10.7. The summed E-state index contributed by atoms with van der Waals surface area (Å²) in [5, 5.41) is 4.80. The monoisotopic (exact) mass is 386 g/mol. The van der Waals surface area contributed by atoms with Gasteiger partial charge >= 0.3 is 0 Å². The standard InChI is InChI=1S/C24H26N4O/c29-24(27-15-7-10-18-8-4-5-13-22(18)27)21-17-28(20-11-2-1-3-12-20)26-23(21)19-9-6-14-25-16-19/h1-3,6,9,11-12,14,16-18,22H,4-5,7-8,10,13,15H2/t18-,22-/m1/s1. The molecule has 3 aromatic rings. The number of nitrogens with zero attached hydrogens (tertiary/aromatic N) is 4. The number of hydrogen-bond donors (Lipinski definition) is 0. The number of fused-ring (bicyclic) bond motifs is 1. The van der Waals surface area contributed by atoms with Crippen LogP contribution in [0.3, 0.4) is 0 Å². The molecule has 5 heteroatoms. The second kappa shape index (κ2) is 7.82. The van der Waals surface area contributed by atoms with Crippen molar-refractivity contribution in [3.8, 4) is 16.9 Å². The van der Waals surface area contributed by atoms with Crippen molar-refractivity contribution < 1.29 is 4.79 Å². The fraction of sp³-hybridized carbons (Fsp3) is 0.375. The van der Waals surface area contributed by atoms with Crippen LogP contribution in [0.5, 0.6) is 0 Å². The molecule has 2 aliphatic rings. The summed E-state index contributed by atoms with van der Waals surface area (Å²) in [5.74, 6) is 0.773. The molecule has 2 atom stereocenters. The van der Waals surface area contributed by atoms with Crippen molar-refractivity contribution in [1.29, 1.82) is 0 Å². The number of para-hydroxylation sites is 1. The number of carbonyl (C=O) groups is 1. The van der Waals surface area contributed by atoms with Crippen molar-refractivity contribution in [3.05, 3.63) is 66.6 Å². The van der Waals surface area contributed by atoms with Crippen LogP contribution in [-0.2, 0) is 0 Å². The van der Waals surface area contributed by atoms with Crippen molar-refractivity contribution in [3.63, 3.8) is 0 Å². The largest absolute Gasteiger partial charge is 0.335 e. The Labute approximate surface area is 171 Å². The quantitative estimate of drug-likeness (QED) is 0.654. The van der Waals surface area contributed by atoms with Gasteiger partial charge in [0.15, 0.2) is 0 Å². The number of pyridine rings is 1. The van der Waals surface area contributed by atoms with E-state index in [2.05, 4.69) is 9.88 Å². The Hall–Kier alpha value is -2.95. The van der Waals surface area contributed by atoms with E-state index < -0.39 is 0 Å². The smallest absolute Gasteiger partial charge is 0.257 e. The van der Waals surface area contributed by atoms with Gasteiger partial charge in [0.1, 0.15) is 5.69 Å². The third kappa shape index (κ3) is 3.46. The van der Waals surface area contributed by atoms with E-state index in [4.69, 9.17) is 5.10 Å². The van der Waals surface area contributed by atoms with E-state index in [9.17, 15) is 4.79 Å². The van der Waals surface area contributed by atoms with Crippen molar-refractivity contribution in [2.24, 2.45) is 5.92 Å². The summed E-state index contributed by atoms with van der Waals surface area (Å²) in [6.07, 6.45) is 12.7. The van der Waals surface area contributed by atoms with Crippen LogP contribution in [-0.4, -0.2) is 38.2 Å². The van der Waals surface area contributed by atoms with Gasteiger partial charge in [0.25, 0.3) is 5.91 Å². The molecule has 29 heavy (non-hydrogen) atoms. The van der Waals surface area contributed by atoms with E-state index in [1.54, 1.807) is 12.4 Å². The maximum Gasteiger partial charge on any atom is 0.257 e. The van der Waals surface area contributed by atoms with Gasteiger partial charge in [-0.15, -0.1) is 0 Å². The fourth-order valence-corrected chi connectivity index (χ4v) is 4.99. The number of hydrogen-bond acceptors (Lipinski definition) is 3. The molecule has 1 amide bonds. The summed E-state index contributed by atoms with van der Waals surface area (Å²) < 4.78 is 1.82. The zero-order valence-corrected chi connectivity index (χ0v) is 16.6. The lowest BCUT2D eigenvalue weighted by molar-refractivity contribution is 0.0391. The molecule has 1 saturated carbocycles. The predicted molar refractivity (Wildman–Crippen MR) is 113 cm³/mol. The minimum Gasteiger partial charge on any atom is -0.335 e. The molecular weight excluding hydrogens is 360 g/mol. The van der Waals surface area contributed by atoms with Gasteiger partial charge in [-0.05, 0) is 55.9 Å². The van der Waals surface area contributed by atoms with Crippen molar-refractivity contribution in [1.82, 2.24) is 19.7 Å². The number of carbonyl (C=O) groups excluding carboxylic acids is 1. The van der Waals surface area contributed by atoms with Crippen LogP contribution in [0.25, 0.3) is 16.9 Å². The second-order valence-electron chi connectivity index (χ2n) is 8.17. The Morgan fingerprint density at radius 2 is 1.79 bits per heavy atom. The average molecular weight is 386 g/mol. The molecule has 1 aliphatic heterocycles. The summed E-state index contributed by atoms with van der Waals surface area (Å²) in [5.41, 5.74) is 3.21. The number of rotatable bonds is 3. The molecule has 2 fully saturated rings. The van der Waals surface area contributed by atoms with Crippen LogP contribution in [0, 0.1) is 5.92 Å². The van der Waals surface area contributed by atoms with Crippen LogP contribution in [0.15, 0.2) is 61.1 Å². The van der Waals surface area contributed by atoms with Gasteiger partial charge in [-0.2, -0.15) is 5.10 Å². The highest BCUT2D eigenvalue weighted by Gasteiger charge is 2.37. The lowest BCUT2D eigenvalue weighted by Crippen LogP contribution is -2.49. The first kappa shape index (κ1) is 18.1. The van der Waals surface area contributed by atoms with Gasteiger partial charge in [-0.3, -0.25) is 9.78 Å². The summed E-state index contributed by atoms with van der Waals surface area (Å²) in [6, 6.07) is 14.2. The normalized spacial score (nSPS) is 21.6. The average Bonchev–Trinajstić information content (AvgIpc) is 3.25. The van der Waals surface area contributed by atoms with Gasteiger partial charge in [-0.1, -0.05) is 31.0 Å². The van der Waals surface area contributed by atoms with Crippen LogP contribution in [0.4, 0.5) is 0 Å². The minimum atomic E-state index is 0.114. The molecule has 0 radical (unpaired) electrons. The van der Waals surface area contributed by atoms with Crippen molar-refractivity contribution in [2.45, 2.75) is 44.6 Å². The van der Waals surface area contributed by atoms with E-state index in [1.807, 2.05) is 53.3 Å². The second-order valence-corrected chi connectivity index (χ2v) is 8.17. The van der Waals surface area contributed by atoms with Crippen LogP contribution >= 0.6 is 0 Å². The van der Waals surface area contributed by atoms with Gasteiger partial charge in [-0.25, -0.2) is 4.68 Å². The SMILES string of the molecule is O=C(c1cn(-c2ccccc2)nc1-c1cccnc1)N1CCC[C@H]2CCCC[C@H]21. The predicted octanol–water partition coefficient (Wildman–Crippen LogP) is 4.73. The Bertz CT molecular complexity index is 981. The maximum absolute atomic E-state index is 13.7. The first-order valence-electron chi connectivity index (χ1n) is 10.7. The van der Waals surface area contributed by atoms with E-state index in [-0.39, 0.29) is 5.91 Å². The fourth-order valence-electron chi connectivity index (χ4n) is 4.99. The molecule has 5 rings (SSSR count). The molecule has 2 aromatic heterocycles. The number of benzene rings is 1. The molecule has 148 valence electrons. The number of amides is 1. The highest BCUT2D eigenvalue weighted by Crippen LogP contribution is 2.37. The summed E-state index contributed by atoms with van der Waals surface area (Å²) in [6.45, 7) is 0.850. The molecule has 0 spiro atoms. The van der Waals surface area contributed by atoms with Gasteiger partial charge < -0.3 is 4.90 Å². The third-order valence-electron chi connectivity index (χ3n) is 6.40. The Morgan fingerprint density at radius 1 is 0.966 bits per heavy atom. The van der Waals surface area contributed by atoms with E-state index in [0.717, 1.165) is 30.6 Å². The molecule has 1 aliphatic carbocycles. The minimum absolute atomic E-state index is 0.114. The molecule has 1 aromatic carbocycles. The van der Waals surface area contributed by atoms with E-state index >= 15 is 0 Å². The van der Waals surface area contributed by atoms with Crippen LogP contribution < -0.4 is 0 Å². The highest BCUT2D eigenvalue weighted by atomic mass is 16.2. The van der Waals surface area contributed by atoms with Gasteiger partial charge in [0.05, 0.1) is 11.3 Å². The zero-order valence-electron chi connectivity index (χ0n) is 16.6. The van der Waals surface area contributed by atoms with E-state index in [0.29, 0.717) is 23.2 Å². The third-order valence-corrected chi connectivity index (χ3v) is 6.40.